The average Bonchev–Trinajstić information content (AvgIpc) is 3.22. The van der Waals surface area contributed by atoms with E-state index in [4.69, 9.17) is 0 Å². The number of likely N-dealkylation sites (N-methyl/N-ethyl adjacent to an activating group) is 1. The third kappa shape index (κ3) is 2.80. The molecule has 0 aliphatic carbocycles. The largest absolute Gasteiger partial charge is 0.492 e. The fraction of sp³-hybridized carbons (Fsp3) is 0.429. The van der Waals surface area contributed by atoms with Gasteiger partial charge in [-0.25, -0.2) is 4.98 Å². The predicted molar refractivity (Wildman–Crippen MR) is 95.5 cm³/mol. The lowest BCUT2D eigenvalue weighted by molar-refractivity contribution is 0.128. The van der Waals surface area contributed by atoms with E-state index in [0.29, 0.717) is 0 Å². The summed E-state index contributed by atoms with van der Waals surface area (Å²) in [7, 11) is 2.15. The van der Waals surface area contributed by atoms with Gasteiger partial charge in [-0.15, -0.1) is 11.3 Å². The Morgan fingerprint density at radius 1 is 1.22 bits per heavy atom. The zero-order chi connectivity index (χ0) is 16.0. The topological polar surface area (TPSA) is 56.9 Å². The maximum atomic E-state index is 10.6. The molecule has 0 spiro atoms. The summed E-state index contributed by atoms with van der Waals surface area (Å²) < 4.78 is 2.62. The number of fused-ring (bicyclic) bond motifs is 1. The van der Waals surface area contributed by atoms with Crippen LogP contribution in [-0.2, 0) is 0 Å². The molecule has 23 heavy (non-hydrogen) atoms. The molecule has 122 valence electrons. The molecular formula is C14H16BrN5OS2. The second kappa shape index (κ2) is 6.14. The lowest BCUT2D eigenvalue weighted by Crippen LogP contribution is -2.45. The highest BCUT2D eigenvalue weighted by Crippen LogP contribution is 2.42. The molecule has 1 unspecified atom stereocenters. The summed E-state index contributed by atoms with van der Waals surface area (Å²) in [6, 6.07) is 4.25. The van der Waals surface area contributed by atoms with E-state index in [1.54, 1.807) is 11.3 Å². The number of thiazole rings is 1. The van der Waals surface area contributed by atoms with Crippen LogP contribution in [0.2, 0.25) is 0 Å². The third-order valence-corrected chi connectivity index (χ3v) is 6.92. The molecule has 0 bridgehead atoms. The summed E-state index contributed by atoms with van der Waals surface area (Å²) in [5, 5.41) is 14.7. The first-order valence-corrected chi connectivity index (χ1v) is 9.75. The first kappa shape index (κ1) is 15.5. The first-order valence-electron chi connectivity index (χ1n) is 7.32. The number of thiophene rings is 1. The summed E-state index contributed by atoms with van der Waals surface area (Å²) in [6.45, 7) is 4.02. The molecule has 0 radical (unpaired) electrons. The highest BCUT2D eigenvalue weighted by Gasteiger charge is 2.31. The van der Waals surface area contributed by atoms with Gasteiger partial charge in [-0.1, -0.05) is 11.3 Å². The number of nitrogens with zero attached hydrogens (tertiary/aromatic N) is 5. The van der Waals surface area contributed by atoms with Crippen molar-refractivity contribution in [1.82, 2.24) is 24.4 Å². The van der Waals surface area contributed by atoms with Crippen LogP contribution in [0.25, 0.3) is 4.96 Å². The molecule has 1 aliphatic rings. The van der Waals surface area contributed by atoms with Gasteiger partial charge >= 0.3 is 0 Å². The van der Waals surface area contributed by atoms with Crippen molar-refractivity contribution in [2.45, 2.75) is 6.04 Å². The Morgan fingerprint density at radius 2 is 2.00 bits per heavy atom. The van der Waals surface area contributed by atoms with Crippen molar-refractivity contribution in [3.8, 4) is 5.88 Å². The van der Waals surface area contributed by atoms with E-state index < -0.39 is 0 Å². The lowest BCUT2D eigenvalue weighted by Gasteiger charge is -2.37. The van der Waals surface area contributed by atoms with E-state index >= 15 is 0 Å². The Kier molecular flexibility index (Phi) is 4.14. The second-order valence-electron chi connectivity index (χ2n) is 5.63. The lowest BCUT2D eigenvalue weighted by atomic mass is 10.1. The van der Waals surface area contributed by atoms with Crippen molar-refractivity contribution in [2.24, 2.45) is 0 Å². The predicted octanol–water partition coefficient (Wildman–Crippen LogP) is 2.66. The van der Waals surface area contributed by atoms with Gasteiger partial charge in [0.05, 0.1) is 14.7 Å². The van der Waals surface area contributed by atoms with Gasteiger partial charge in [0.2, 0.25) is 10.8 Å². The minimum absolute atomic E-state index is 0.0495. The number of piperazine rings is 1. The van der Waals surface area contributed by atoms with Crippen molar-refractivity contribution in [2.75, 3.05) is 33.2 Å². The van der Waals surface area contributed by atoms with Gasteiger partial charge in [0.25, 0.3) is 0 Å². The summed E-state index contributed by atoms with van der Waals surface area (Å²) in [4.78, 5) is 11.9. The number of hydrogen-bond acceptors (Lipinski definition) is 7. The summed E-state index contributed by atoms with van der Waals surface area (Å²) in [6.07, 6.45) is 1.47. The quantitative estimate of drug-likeness (QED) is 0.714. The standard InChI is InChI=1S/C14H16BrN5OS2/c1-18-4-6-19(7-5-18)11(9-2-3-10(15)22-9)12-13(21)20-14(23-12)16-8-17-20/h2-3,8,11,21H,4-7H2,1H3. The molecule has 4 rings (SSSR count). The molecule has 3 aromatic heterocycles. The van der Waals surface area contributed by atoms with Gasteiger partial charge < -0.3 is 10.0 Å². The van der Waals surface area contributed by atoms with Crippen molar-refractivity contribution in [3.63, 3.8) is 0 Å². The van der Waals surface area contributed by atoms with Gasteiger partial charge in [-0.2, -0.15) is 9.61 Å². The summed E-state index contributed by atoms with van der Waals surface area (Å²) in [5.41, 5.74) is 0. The second-order valence-corrected chi connectivity index (χ2v) is 9.13. The van der Waals surface area contributed by atoms with Crippen LogP contribution in [0.15, 0.2) is 22.2 Å². The Labute approximate surface area is 150 Å². The Bertz CT molecular complexity index is 820. The number of aromatic nitrogens is 3. The number of rotatable bonds is 3. The van der Waals surface area contributed by atoms with Crippen LogP contribution >= 0.6 is 38.6 Å². The van der Waals surface area contributed by atoms with Gasteiger partial charge in [0.15, 0.2) is 0 Å². The molecule has 0 aromatic carbocycles. The van der Waals surface area contributed by atoms with Crippen molar-refractivity contribution >= 4 is 43.6 Å². The van der Waals surface area contributed by atoms with Gasteiger partial charge in [-0.05, 0) is 35.1 Å². The Morgan fingerprint density at radius 3 is 2.65 bits per heavy atom. The molecule has 1 atom stereocenters. The van der Waals surface area contributed by atoms with Crippen LogP contribution in [0.5, 0.6) is 5.88 Å². The molecule has 1 fully saturated rings. The van der Waals surface area contributed by atoms with Gasteiger partial charge in [0, 0.05) is 31.1 Å². The summed E-state index contributed by atoms with van der Waals surface area (Å²) >= 11 is 6.78. The average molecular weight is 414 g/mol. The SMILES string of the molecule is CN1CCN(C(c2ccc(Br)s2)c2sc3ncnn3c2O)CC1. The van der Waals surface area contributed by atoms with Crippen LogP contribution in [0.3, 0.4) is 0 Å². The van der Waals surface area contributed by atoms with Crippen molar-refractivity contribution < 1.29 is 5.11 Å². The maximum absolute atomic E-state index is 10.6. The molecule has 9 heteroatoms. The fourth-order valence-electron chi connectivity index (χ4n) is 2.90. The molecule has 1 N–H and O–H groups in total. The minimum atomic E-state index is 0.0495. The van der Waals surface area contributed by atoms with Crippen LogP contribution in [0.4, 0.5) is 0 Å². The van der Waals surface area contributed by atoms with Crippen LogP contribution in [0, 0.1) is 0 Å². The zero-order valence-electron chi connectivity index (χ0n) is 12.5. The molecule has 6 nitrogen and oxygen atoms in total. The number of halogens is 1. The summed E-state index contributed by atoms with van der Waals surface area (Å²) in [5.74, 6) is 0.205. The van der Waals surface area contributed by atoms with E-state index in [1.807, 2.05) is 0 Å². The van der Waals surface area contributed by atoms with Crippen molar-refractivity contribution in [3.05, 3.63) is 32.0 Å². The highest BCUT2D eigenvalue weighted by atomic mass is 79.9. The highest BCUT2D eigenvalue weighted by molar-refractivity contribution is 9.11. The fourth-order valence-corrected chi connectivity index (χ4v) is 5.63. The number of hydrogen-bond donors (Lipinski definition) is 1. The maximum Gasteiger partial charge on any atom is 0.230 e. The van der Waals surface area contributed by atoms with E-state index in [1.165, 1.54) is 27.1 Å². The Balaban J connectivity index is 1.78. The van der Waals surface area contributed by atoms with E-state index in [2.05, 4.69) is 55.0 Å². The van der Waals surface area contributed by atoms with Crippen LogP contribution < -0.4 is 0 Å². The zero-order valence-corrected chi connectivity index (χ0v) is 15.7. The molecule has 0 saturated carbocycles. The molecule has 1 saturated heterocycles. The minimum Gasteiger partial charge on any atom is -0.492 e. The third-order valence-electron chi connectivity index (χ3n) is 4.15. The Hall–Kier alpha value is -1.00. The van der Waals surface area contributed by atoms with Crippen LogP contribution in [-0.4, -0.2) is 62.7 Å². The van der Waals surface area contributed by atoms with E-state index in [0.717, 1.165) is 39.8 Å². The van der Waals surface area contributed by atoms with Crippen LogP contribution in [0.1, 0.15) is 15.8 Å². The molecule has 3 aromatic rings. The number of aromatic hydroxyl groups is 1. The smallest absolute Gasteiger partial charge is 0.230 e. The monoisotopic (exact) mass is 413 g/mol. The molecular weight excluding hydrogens is 398 g/mol. The van der Waals surface area contributed by atoms with E-state index in [-0.39, 0.29) is 11.9 Å². The van der Waals surface area contributed by atoms with Gasteiger partial charge in [0.1, 0.15) is 6.33 Å². The molecule has 0 amide bonds. The van der Waals surface area contributed by atoms with E-state index in [9.17, 15) is 5.11 Å². The van der Waals surface area contributed by atoms with Crippen molar-refractivity contribution in [1.29, 1.82) is 0 Å². The first-order chi connectivity index (χ1) is 11.1. The molecule has 1 aliphatic heterocycles. The normalized spacial score (nSPS) is 18.7. The molecule has 4 heterocycles. The van der Waals surface area contributed by atoms with Gasteiger partial charge in [-0.3, -0.25) is 4.90 Å².